The lowest BCUT2D eigenvalue weighted by molar-refractivity contribution is -0.0208. The van der Waals surface area contributed by atoms with Crippen LogP contribution in [0.4, 0.5) is 11.6 Å². The van der Waals surface area contributed by atoms with Crippen molar-refractivity contribution >= 4 is 22.7 Å². The molecule has 3 aromatic heterocycles. The molecular formula is C34H35N7O2. The van der Waals surface area contributed by atoms with Crippen molar-refractivity contribution in [2.45, 2.75) is 44.6 Å². The van der Waals surface area contributed by atoms with Gasteiger partial charge in [0.25, 0.3) is 5.56 Å². The van der Waals surface area contributed by atoms with E-state index in [4.69, 9.17) is 19.7 Å². The first-order valence-corrected chi connectivity index (χ1v) is 15.0. The fraction of sp³-hybridized carbons (Fsp3) is 0.324. The number of aromatic nitrogens is 5. The Hall–Kier alpha value is -4.47. The molecule has 1 aliphatic heterocycles. The van der Waals surface area contributed by atoms with Crippen molar-refractivity contribution in [1.29, 1.82) is 0 Å². The van der Waals surface area contributed by atoms with E-state index >= 15 is 0 Å². The Kier molecular flexibility index (Phi) is 7.42. The number of hydrogen-bond acceptors (Lipinski definition) is 8. The van der Waals surface area contributed by atoms with Gasteiger partial charge in [0.05, 0.1) is 24.0 Å². The van der Waals surface area contributed by atoms with E-state index < -0.39 is 0 Å². The normalized spacial score (nSPS) is 17.9. The van der Waals surface area contributed by atoms with Crippen LogP contribution >= 0.6 is 0 Å². The quantitative estimate of drug-likeness (QED) is 0.266. The minimum absolute atomic E-state index is 0.0622. The van der Waals surface area contributed by atoms with E-state index in [0.717, 1.165) is 71.9 Å². The third-order valence-electron chi connectivity index (χ3n) is 8.57. The van der Waals surface area contributed by atoms with Gasteiger partial charge < -0.3 is 15.0 Å². The molecule has 2 aliphatic rings. The van der Waals surface area contributed by atoms with Crippen LogP contribution in [0, 0.1) is 6.92 Å². The maximum Gasteiger partial charge on any atom is 0.264 e. The summed E-state index contributed by atoms with van der Waals surface area (Å²) in [5.74, 6) is 1.70. The van der Waals surface area contributed by atoms with Crippen molar-refractivity contribution in [3.8, 4) is 16.8 Å². The molecule has 5 aromatic rings. The summed E-state index contributed by atoms with van der Waals surface area (Å²) in [6, 6.07) is 19.6. The van der Waals surface area contributed by atoms with Gasteiger partial charge in [0, 0.05) is 53.7 Å². The van der Waals surface area contributed by atoms with Gasteiger partial charge in [-0.25, -0.2) is 15.0 Å². The highest BCUT2D eigenvalue weighted by Gasteiger charge is 2.23. The van der Waals surface area contributed by atoms with Crippen LogP contribution < -0.4 is 10.9 Å². The molecule has 4 heterocycles. The second-order valence-corrected chi connectivity index (χ2v) is 11.6. The summed E-state index contributed by atoms with van der Waals surface area (Å²) in [5, 5.41) is 4.06. The van der Waals surface area contributed by atoms with E-state index in [1.54, 1.807) is 10.8 Å². The monoisotopic (exact) mass is 573 g/mol. The predicted octanol–water partition coefficient (Wildman–Crippen LogP) is 5.95. The van der Waals surface area contributed by atoms with Gasteiger partial charge >= 0.3 is 0 Å². The van der Waals surface area contributed by atoms with Gasteiger partial charge in [-0.15, -0.1) is 0 Å². The van der Waals surface area contributed by atoms with Crippen LogP contribution in [0.3, 0.4) is 0 Å². The van der Waals surface area contributed by atoms with E-state index in [0.29, 0.717) is 23.1 Å². The number of likely N-dealkylation sites (N-methyl/N-ethyl adjacent to an activating group) is 1. The average molecular weight is 574 g/mol. The van der Waals surface area contributed by atoms with Crippen LogP contribution in [0.2, 0.25) is 0 Å². The number of nitrogens with zero attached hydrogens (tertiary/aromatic N) is 6. The Morgan fingerprint density at radius 2 is 1.72 bits per heavy atom. The number of aryl methyl sites for hydroxylation is 1. The first kappa shape index (κ1) is 27.4. The minimum atomic E-state index is -0.175. The Morgan fingerprint density at radius 3 is 2.47 bits per heavy atom. The number of nitrogens with one attached hydrogen (secondary N) is 1. The molecule has 9 nitrogen and oxygen atoms in total. The average Bonchev–Trinajstić information content (AvgIpc) is 3.57. The molecule has 2 aromatic carbocycles. The predicted molar refractivity (Wildman–Crippen MR) is 168 cm³/mol. The van der Waals surface area contributed by atoms with Gasteiger partial charge in [0.15, 0.2) is 5.65 Å². The molecule has 1 atom stereocenters. The number of ether oxygens (including phenoxy) is 1. The fourth-order valence-electron chi connectivity index (χ4n) is 6.19. The zero-order valence-electron chi connectivity index (χ0n) is 24.5. The van der Waals surface area contributed by atoms with E-state index in [1.807, 2.05) is 61.7 Å². The molecule has 1 saturated carbocycles. The zero-order valence-corrected chi connectivity index (χ0v) is 24.5. The molecule has 9 heteroatoms. The number of rotatable bonds is 6. The molecule has 1 unspecified atom stereocenters. The van der Waals surface area contributed by atoms with E-state index in [2.05, 4.69) is 34.4 Å². The molecule has 0 radical (unpaired) electrons. The SMILES string of the molecule is Cc1nc(C2CCCC2)ncc1-c1cc2cnc(Nc3ccc(C4CN(C)CCO4)cc3)nc2n(-c2ccccc2)c1=O. The fourth-order valence-corrected chi connectivity index (χ4v) is 6.19. The number of pyridine rings is 1. The Morgan fingerprint density at radius 1 is 0.930 bits per heavy atom. The Balaban J connectivity index is 1.25. The third-order valence-corrected chi connectivity index (χ3v) is 8.57. The van der Waals surface area contributed by atoms with Crippen LogP contribution in [0.25, 0.3) is 27.8 Å². The summed E-state index contributed by atoms with van der Waals surface area (Å²) < 4.78 is 7.61. The van der Waals surface area contributed by atoms with Gasteiger partial charge in [-0.2, -0.15) is 4.98 Å². The largest absolute Gasteiger partial charge is 0.371 e. The maximum atomic E-state index is 14.2. The number of fused-ring (bicyclic) bond motifs is 1. The Labute approximate surface area is 250 Å². The second-order valence-electron chi connectivity index (χ2n) is 11.6. The summed E-state index contributed by atoms with van der Waals surface area (Å²) in [5.41, 5.74) is 5.13. The van der Waals surface area contributed by atoms with E-state index in [1.165, 1.54) is 12.8 Å². The number of benzene rings is 2. The summed E-state index contributed by atoms with van der Waals surface area (Å²) in [6.45, 7) is 4.51. The standard InChI is InChI=1S/C34H35N7O2/c1-22-29(20-35-31(37-22)24-8-6-7-9-24)28-18-25-19-36-34(39-32(25)41(33(28)42)27-10-4-3-5-11-27)38-26-14-12-23(13-15-26)30-21-40(2)16-17-43-30/h3-5,10-15,18-20,24,30H,6-9,16-17,21H2,1-2H3,(H,36,38,39). The molecule has 0 spiro atoms. The highest BCUT2D eigenvalue weighted by molar-refractivity contribution is 5.83. The van der Waals surface area contributed by atoms with Gasteiger partial charge in [0.2, 0.25) is 5.95 Å². The molecule has 43 heavy (non-hydrogen) atoms. The van der Waals surface area contributed by atoms with E-state index in [9.17, 15) is 4.79 Å². The smallest absolute Gasteiger partial charge is 0.264 e. The van der Waals surface area contributed by atoms with Crippen LogP contribution in [0.1, 0.15) is 54.8 Å². The number of anilines is 2. The topological polar surface area (TPSA) is 98.1 Å². The highest BCUT2D eigenvalue weighted by atomic mass is 16.5. The van der Waals surface area contributed by atoms with Crippen molar-refractivity contribution in [3.63, 3.8) is 0 Å². The van der Waals surface area contributed by atoms with Gasteiger partial charge in [-0.05, 0) is 62.7 Å². The number of morpholine rings is 1. The minimum Gasteiger partial charge on any atom is -0.371 e. The van der Waals surface area contributed by atoms with E-state index in [-0.39, 0.29) is 11.7 Å². The summed E-state index contributed by atoms with van der Waals surface area (Å²) in [6.07, 6.45) is 8.32. The summed E-state index contributed by atoms with van der Waals surface area (Å²) in [4.78, 5) is 35.4. The van der Waals surface area contributed by atoms with Crippen molar-refractivity contribution in [3.05, 3.63) is 100 Å². The van der Waals surface area contributed by atoms with Gasteiger partial charge in [-0.3, -0.25) is 9.36 Å². The van der Waals surface area contributed by atoms with Crippen LogP contribution in [-0.4, -0.2) is 56.1 Å². The van der Waals surface area contributed by atoms with Gasteiger partial charge in [-0.1, -0.05) is 43.2 Å². The lowest BCUT2D eigenvalue weighted by Crippen LogP contribution is -2.35. The summed E-state index contributed by atoms with van der Waals surface area (Å²) in [7, 11) is 2.11. The molecule has 1 saturated heterocycles. The molecule has 1 N–H and O–H groups in total. The van der Waals surface area contributed by atoms with Gasteiger partial charge in [0.1, 0.15) is 5.82 Å². The van der Waals surface area contributed by atoms with Crippen LogP contribution in [0.5, 0.6) is 0 Å². The summed E-state index contributed by atoms with van der Waals surface area (Å²) >= 11 is 0. The molecule has 218 valence electrons. The third kappa shape index (κ3) is 5.53. The maximum absolute atomic E-state index is 14.2. The first-order chi connectivity index (χ1) is 21.0. The first-order valence-electron chi connectivity index (χ1n) is 15.0. The molecule has 0 bridgehead atoms. The van der Waals surface area contributed by atoms with Crippen molar-refractivity contribution in [2.24, 2.45) is 0 Å². The zero-order chi connectivity index (χ0) is 29.3. The second kappa shape index (κ2) is 11.7. The van der Waals surface area contributed by atoms with Crippen LogP contribution in [0.15, 0.2) is 77.9 Å². The molecule has 0 amide bonds. The van der Waals surface area contributed by atoms with Crippen molar-refractivity contribution < 1.29 is 4.74 Å². The number of hydrogen-bond donors (Lipinski definition) is 1. The molecule has 1 aliphatic carbocycles. The Bertz CT molecular complexity index is 1820. The van der Waals surface area contributed by atoms with Crippen LogP contribution in [-0.2, 0) is 4.74 Å². The molecular weight excluding hydrogens is 538 g/mol. The lowest BCUT2D eigenvalue weighted by Gasteiger charge is -2.30. The lowest BCUT2D eigenvalue weighted by atomic mass is 10.0. The van der Waals surface area contributed by atoms with Crippen molar-refractivity contribution in [1.82, 2.24) is 29.4 Å². The molecule has 7 rings (SSSR count). The highest BCUT2D eigenvalue weighted by Crippen LogP contribution is 2.33. The number of para-hydroxylation sites is 1. The molecule has 2 fully saturated rings. The van der Waals surface area contributed by atoms with Crippen molar-refractivity contribution in [2.75, 3.05) is 32.1 Å².